The number of aromatic nitrogens is 2. The number of carbonyl (C=O) groups is 1. The number of nitrogens with one attached hydrogen (secondary N) is 1. The first-order valence-corrected chi connectivity index (χ1v) is 10.7. The molecule has 0 bridgehead atoms. The van der Waals surface area contributed by atoms with Crippen molar-refractivity contribution >= 4 is 17.5 Å². The molecule has 2 aromatic rings. The lowest BCUT2D eigenvalue weighted by Crippen LogP contribution is -3.14. The largest absolute Gasteiger partial charge is 0.332 e. The normalized spacial score (nSPS) is 15.6. The molecule has 1 fully saturated rings. The number of amides is 1. The van der Waals surface area contributed by atoms with E-state index in [0.717, 1.165) is 55.4 Å². The summed E-state index contributed by atoms with van der Waals surface area (Å²) in [6, 6.07) is 7.69. The minimum Gasteiger partial charge on any atom is -0.332 e. The number of rotatable bonds is 5. The summed E-state index contributed by atoms with van der Waals surface area (Å²) in [5, 5.41) is 5.53. The third kappa shape index (κ3) is 3.96. The lowest BCUT2D eigenvalue weighted by molar-refractivity contribution is -0.902. The van der Waals surface area contributed by atoms with Crippen molar-refractivity contribution in [2.75, 3.05) is 32.7 Å². The summed E-state index contributed by atoms with van der Waals surface area (Å²) in [6.45, 7) is 15.4. The number of likely N-dealkylation sites (N-methyl/N-ethyl adjacent to an activating group) is 1. The van der Waals surface area contributed by atoms with Crippen molar-refractivity contribution in [2.24, 2.45) is 0 Å². The highest BCUT2D eigenvalue weighted by Crippen LogP contribution is 2.32. The molecular formula is C22H32ClN4O+. The zero-order chi connectivity index (χ0) is 20.4. The molecule has 1 N–H and O–H groups in total. The number of benzene rings is 1. The van der Waals surface area contributed by atoms with Crippen LogP contribution in [0.25, 0.3) is 5.69 Å². The molecule has 0 spiro atoms. The number of para-hydroxylation sites is 1. The fraction of sp³-hybridized carbons (Fsp3) is 0.545. The Bertz CT molecular complexity index is 835. The summed E-state index contributed by atoms with van der Waals surface area (Å²) in [5.74, 6) is 0.418. The fourth-order valence-electron chi connectivity index (χ4n) is 3.95. The van der Waals surface area contributed by atoms with Crippen molar-refractivity contribution in [3.05, 3.63) is 46.2 Å². The maximum Gasteiger partial charge on any atom is 0.258 e. The van der Waals surface area contributed by atoms with E-state index in [1.807, 2.05) is 33.8 Å². The Kier molecular flexibility index (Phi) is 6.46. The first-order chi connectivity index (χ1) is 13.3. The van der Waals surface area contributed by atoms with Crippen molar-refractivity contribution in [1.82, 2.24) is 14.7 Å². The van der Waals surface area contributed by atoms with Crippen LogP contribution in [0.3, 0.4) is 0 Å². The van der Waals surface area contributed by atoms with Crippen LogP contribution in [0, 0.1) is 0 Å². The van der Waals surface area contributed by atoms with Crippen LogP contribution in [-0.2, 0) is 0 Å². The van der Waals surface area contributed by atoms with Crippen LogP contribution in [0.4, 0.5) is 0 Å². The number of quaternary nitrogens is 1. The van der Waals surface area contributed by atoms with Crippen LogP contribution in [0.2, 0.25) is 5.02 Å². The predicted molar refractivity (Wildman–Crippen MR) is 114 cm³/mol. The lowest BCUT2D eigenvalue weighted by atomic mass is 9.97. The summed E-state index contributed by atoms with van der Waals surface area (Å²) in [6.07, 6.45) is 0. The van der Waals surface area contributed by atoms with Crippen molar-refractivity contribution < 1.29 is 9.69 Å². The van der Waals surface area contributed by atoms with E-state index in [1.165, 1.54) is 0 Å². The van der Waals surface area contributed by atoms with Gasteiger partial charge in [-0.1, -0.05) is 51.4 Å². The van der Waals surface area contributed by atoms with E-state index in [-0.39, 0.29) is 17.7 Å². The Morgan fingerprint density at radius 1 is 1.14 bits per heavy atom. The van der Waals surface area contributed by atoms with Crippen molar-refractivity contribution in [3.63, 3.8) is 0 Å². The Labute approximate surface area is 173 Å². The molecule has 28 heavy (non-hydrogen) atoms. The predicted octanol–water partition coefficient (Wildman–Crippen LogP) is 3.13. The van der Waals surface area contributed by atoms with Gasteiger partial charge in [0.25, 0.3) is 5.91 Å². The van der Waals surface area contributed by atoms with Gasteiger partial charge in [-0.15, -0.1) is 0 Å². The van der Waals surface area contributed by atoms with E-state index in [9.17, 15) is 4.79 Å². The van der Waals surface area contributed by atoms with E-state index >= 15 is 0 Å². The lowest BCUT2D eigenvalue weighted by Gasteiger charge is -2.32. The van der Waals surface area contributed by atoms with Crippen LogP contribution >= 0.6 is 11.6 Å². The molecule has 1 amide bonds. The highest BCUT2D eigenvalue weighted by molar-refractivity contribution is 6.32. The smallest absolute Gasteiger partial charge is 0.258 e. The van der Waals surface area contributed by atoms with Crippen LogP contribution in [-0.4, -0.2) is 53.3 Å². The van der Waals surface area contributed by atoms with Gasteiger partial charge in [-0.3, -0.25) is 4.79 Å². The van der Waals surface area contributed by atoms with Gasteiger partial charge in [-0.05, 0) is 30.9 Å². The summed E-state index contributed by atoms with van der Waals surface area (Å²) in [4.78, 5) is 17.2. The summed E-state index contributed by atoms with van der Waals surface area (Å²) in [7, 11) is 0. The first kappa shape index (κ1) is 20.9. The van der Waals surface area contributed by atoms with Crippen LogP contribution in [0.1, 0.15) is 68.2 Å². The van der Waals surface area contributed by atoms with Crippen molar-refractivity contribution in [1.29, 1.82) is 0 Å². The molecule has 1 aliphatic rings. The van der Waals surface area contributed by atoms with Gasteiger partial charge in [0.05, 0.1) is 60.4 Å². The van der Waals surface area contributed by atoms with Gasteiger partial charge >= 0.3 is 0 Å². The van der Waals surface area contributed by atoms with Gasteiger partial charge in [0.2, 0.25) is 0 Å². The van der Waals surface area contributed by atoms with Crippen LogP contribution in [0.15, 0.2) is 24.3 Å². The SMILES string of the molecule is CC[NH+]1CCN(C(=O)c2c(C(C)C)nn(-c3ccccc3Cl)c2C(C)C)CC1. The van der Waals surface area contributed by atoms with Gasteiger partial charge in [0.1, 0.15) is 0 Å². The minimum absolute atomic E-state index is 0.112. The number of nitrogens with zero attached hydrogens (tertiary/aromatic N) is 3. The molecule has 0 saturated carbocycles. The molecular weight excluding hydrogens is 372 g/mol. The summed E-state index contributed by atoms with van der Waals surface area (Å²) >= 11 is 6.48. The maximum atomic E-state index is 13.6. The van der Waals surface area contributed by atoms with Crippen molar-refractivity contribution in [2.45, 2.75) is 46.5 Å². The highest BCUT2D eigenvalue weighted by Gasteiger charge is 2.32. The molecule has 1 saturated heterocycles. The average molecular weight is 404 g/mol. The number of hydrogen-bond acceptors (Lipinski definition) is 2. The zero-order valence-corrected chi connectivity index (χ0v) is 18.4. The van der Waals surface area contributed by atoms with E-state index in [2.05, 4.69) is 34.6 Å². The van der Waals surface area contributed by atoms with E-state index in [0.29, 0.717) is 5.02 Å². The maximum absolute atomic E-state index is 13.6. The Morgan fingerprint density at radius 2 is 1.79 bits per heavy atom. The molecule has 1 aromatic carbocycles. The highest BCUT2D eigenvalue weighted by atomic mass is 35.5. The van der Waals surface area contributed by atoms with Gasteiger partial charge in [-0.25, -0.2) is 4.68 Å². The van der Waals surface area contributed by atoms with Crippen LogP contribution in [0.5, 0.6) is 0 Å². The number of halogens is 1. The molecule has 5 nitrogen and oxygen atoms in total. The van der Waals surface area contributed by atoms with Crippen molar-refractivity contribution in [3.8, 4) is 5.69 Å². The van der Waals surface area contributed by atoms with Gasteiger partial charge in [0, 0.05) is 0 Å². The van der Waals surface area contributed by atoms with E-state index < -0.39 is 0 Å². The molecule has 0 atom stereocenters. The molecule has 3 rings (SSSR count). The van der Waals surface area contributed by atoms with Gasteiger partial charge in [-0.2, -0.15) is 5.10 Å². The average Bonchev–Trinajstić information content (AvgIpc) is 3.09. The molecule has 0 unspecified atom stereocenters. The monoisotopic (exact) mass is 403 g/mol. The number of piperazine rings is 1. The second-order valence-corrected chi connectivity index (χ2v) is 8.62. The first-order valence-electron chi connectivity index (χ1n) is 10.4. The molecule has 2 heterocycles. The minimum atomic E-state index is 0.112. The molecule has 6 heteroatoms. The standard InChI is InChI=1S/C22H31ClN4O/c1-6-25-11-13-26(14-12-25)22(28)19-20(15(2)3)24-27(21(19)16(4)5)18-10-8-7-9-17(18)23/h7-10,15-16H,6,11-14H2,1-5H3/p+1. The summed E-state index contributed by atoms with van der Waals surface area (Å²) in [5.41, 5.74) is 3.41. The topological polar surface area (TPSA) is 42.6 Å². The third-order valence-electron chi connectivity index (χ3n) is 5.59. The van der Waals surface area contributed by atoms with E-state index in [4.69, 9.17) is 16.7 Å². The quantitative estimate of drug-likeness (QED) is 0.833. The molecule has 0 radical (unpaired) electrons. The molecule has 1 aromatic heterocycles. The number of carbonyl (C=O) groups excluding carboxylic acids is 1. The fourth-order valence-corrected chi connectivity index (χ4v) is 4.17. The Morgan fingerprint density at radius 3 is 2.32 bits per heavy atom. The van der Waals surface area contributed by atoms with E-state index in [1.54, 1.807) is 4.90 Å². The van der Waals surface area contributed by atoms with Gasteiger partial charge in [0.15, 0.2) is 0 Å². The Balaban J connectivity index is 2.09. The molecule has 152 valence electrons. The Hall–Kier alpha value is -1.85. The molecule has 1 aliphatic heterocycles. The third-order valence-corrected chi connectivity index (χ3v) is 5.91. The van der Waals surface area contributed by atoms with Gasteiger partial charge < -0.3 is 9.80 Å². The number of hydrogen-bond donors (Lipinski definition) is 1. The summed E-state index contributed by atoms with van der Waals surface area (Å²) < 4.78 is 1.89. The van der Waals surface area contributed by atoms with Crippen LogP contribution < -0.4 is 4.90 Å². The second-order valence-electron chi connectivity index (χ2n) is 8.21. The molecule has 0 aliphatic carbocycles. The second kappa shape index (κ2) is 8.66. The zero-order valence-electron chi connectivity index (χ0n) is 17.6.